The highest BCUT2D eigenvalue weighted by molar-refractivity contribution is 5.91. The van der Waals surface area contributed by atoms with E-state index >= 15 is 0 Å². The number of nitrogens with one attached hydrogen (secondary N) is 2. The molecule has 1 fully saturated rings. The van der Waals surface area contributed by atoms with Crippen molar-refractivity contribution in [3.8, 4) is 0 Å². The third-order valence-corrected chi connectivity index (χ3v) is 7.12. The Morgan fingerprint density at radius 3 is 2.28 bits per heavy atom. The van der Waals surface area contributed by atoms with E-state index in [2.05, 4.69) is 34.9 Å². The Balaban J connectivity index is 1.44. The number of carbonyl (C=O) groups is 2. The van der Waals surface area contributed by atoms with Gasteiger partial charge in [-0.3, -0.25) is 9.59 Å². The van der Waals surface area contributed by atoms with Crippen molar-refractivity contribution in [2.45, 2.75) is 37.3 Å². The van der Waals surface area contributed by atoms with E-state index in [4.69, 9.17) is 5.73 Å². The number of nitrogens with two attached hydrogens (primary N) is 1. The summed E-state index contributed by atoms with van der Waals surface area (Å²) >= 11 is 0. The summed E-state index contributed by atoms with van der Waals surface area (Å²) in [5.74, 6) is -0.423. The number of hydrogen-bond acceptors (Lipinski definition) is 4. The zero-order valence-corrected chi connectivity index (χ0v) is 22.1. The van der Waals surface area contributed by atoms with E-state index in [0.717, 1.165) is 12.0 Å². The molecule has 0 aliphatic carbocycles. The van der Waals surface area contributed by atoms with Crippen molar-refractivity contribution in [2.75, 3.05) is 26.2 Å². The molecule has 7 heteroatoms. The summed E-state index contributed by atoms with van der Waals surface area (Å²) in [6.45, 7) is 2.07. The van der Waals surface area contributed by atoms with Crippen LogP contribution in [-0.2, 0) is 9.59 Å². The molecule has 0 aromatic heterocycles. The summed E-state index contributed by atoms with van der Waals surface area (Å²) in [6, 6.07) is 26.1. The number of carbonyl (C=O) groups excluding carboxylic acids is 2. The molecule has 204 valence electrons. The number of rotatable bonds is 11. The van der Waals surface area contributed by atoms with Crippen LogP contribution in [0.4, 0.5) is 4.39 Å². The van der Waals surface area contributed by atoms with Crippen molar-refractivity contribution >= 4 is 17.9 Å². The Bertz CT molecular complexity index is 1180. The van der Waals surface area contributed by atoms with E-state index in [9.17, 15) is 14.0 Å². The van der Waals surface area contributed by atoms with E-state index in [0.29, 0.717) is 39.0 Å². The molecule has 39 heavy (non-hydrogen) atoms. The lowest BCUT2D eigenvalue weighted by Gasteiger charge is -2.29. The molecule has 0 spiro atoms. The third-order valence-electron chi connectivity index (χ3n) is 7.12. The molecule has 1 saturated heterocycles. The van der Waals surface area contributed by atoms with Gasteiger partial charge in [-0.1, -0.05) is 72.8 Å². The molecule has 3 aromatic carbocycles. The Labute approximate surface area is 230 Å². The lowest BCUT2D eigenvalue weighted by atomic mass is 9.90. The largest absolute Gasteiger partial charge is 0.351 e. The van der Waals surface area contributed by atoms with Gasteiger partial charge in [0, 0.05) is 37.7 Å². The third kappa shape index (κ3) is 8.34. The number of nitrogens with zero attached hydrogens (tertiary/aromatic N) is 1. The molecule has 0 bridgehead atoms. The summed E-state index contributed by atoms with van der Waals surface area (Å²) in [6.07, 6.45) is 5.18. The summed E-state index contributed by atoms with van der Waals surface area (Å²) in [7, 11) is 0. The minimum atomic E-state index is -0.361. The molecule has 0 radical (unpaired) electrons. The van der Waals surface area contributed by atoms with Crippen molar-refractivity contribution < 1.29 is 14.0 Å². The molecule has 1 heterocycles. The first-order valence-corrected chi connectivity index (χ1v) is 13.6. The quantitative estimate of drug-likeness (QED) is 0.327. The van der Waals surface area contributed by atoms with Crippen LogP contribution in [0.5, 0.6) is 0 Å². The van der Waals surface area contributed by atoms with Crippen molar-refractivity contribution in [3.05, 3.63) is 114 Å². The molecule has 4 rings (SSSR count). The maximum Gasteiger partial charge on any atom is 0.244 e. The molecule has 2 atom stereocenters. The number of halogens is 1. The predicted octanol–water partition coefficient (Wildman–Crippen LogP) is 4.09. The van der Waals surface area contributed by atoms with Gasteiger partial charge in [-0.05, 0) is 60.7 Å². The fourth-order valence-corrected chi connectivity index (χ4v) is 4.98. The monoisotopic (exact) mass is 528 g/mol. The van der Waals surface area contributed by atoms with Gasteiger partial charge >= 0.3 is 0 Å². The van der Waals surface area contributed by atoms with Gasteiger partial charge in [0.1, 0.15) is 5.82 Å². The van der Waals surface area contributed by atoms with Gasteiger partial charge in [-0.2, -0.15) is 0 Å². The van der Waals surface area contributed by atoms with Crippen LogP contribution in [0.15, 0.2) is 91.0 Å². The average Bonchev–Trinajstić information content (AvgIpc) is 3.12. The molecule has 3 aromatic rings. The van der Waals surface area contributed by atoms with Crippen LogP contribution in [0.25, 0.3) is 6.08 Å². The van der Waals surface area contributed by atoms with Gasteiger partial charge in [0.2, 0.25) is 11.8 Å². The Kier molecular flexibility index (Phi) is 10.4. The van der Waals surface area contributed by atoms with Gasteiger partial charge in [0.25, 0.3) is 0 Å². The first-order chi connectivity index (χ1) is 19.0. The smallest absolute Gasteiger partial charge is 0.244 e. The fourth-order valence-electron chi connectivity index (χ4n) is 4.98. The standard InChI is InChI=1S/C32H37FN4O2/c33-27-16-13-24(14-17-27)15-18-31(38)35-22-28-19-21-37(32(39)30(36-28)12-7-20-34)23-29(25-8-3-1-4-9-25)26-10-5-2-6-11-26/h1-6,8-11,13-18,28-30,36H,7,12,19-23,34H2,(H,35,38)/b18-15+/t28?,30-/m0/s1. The van der Waals surface area contributed by atoms with Crippen molar-refractivity contribution in [1.82, 2.24) is 15.5 Å². The molecule has 2 amide bonds. The van der Waals surface area contributed by atoms with Gasteiger partial charge < -0.3 is 21.3 Å². The lowest BCUT2D eigenvalue weighted by molar-refractivity contribution is -0.133. The van der Waals surface area contributed by atoms with Crippen LogP contribution < -0.4 is 16.4 Å². The summed E-state index contributed by atoms with van der Waals surface area (Å²) in [5.41, 5.74) is 8.87. The van der Waals surface area contributed by atoms with Gasteiger partial charge in [0.15, 0.2) is 0 Å². The second-order valence-electron chi connectivity index (χ2n) is 9.92. The summed E-state index contributed by atoms with van der Waals surface area (Å²) < 4.78 is 13.1. The van der Waals surface area contributed by atoms with Crippen LogP contribution in [0.1, 0.15) is 41.9 Å². The first kappa shape index (κ1) is 28.2. The van der Waals surface area contributed by atoms with Crippen molar-refractivity contribution in [3.63, 3.8) is 0 Å². The Morgan fingerprint density at radius 2 is 1.67 bits per heavy atom. The zero-order chi connectivity index (χ0) is 27.5. The maximum atomic E-state index is 13.7. The van der Waals surface area contributed by atoms with Crippen LogP contribution in [0, 0.1) is 5.82 Å². The molecule has 0 saturated carbocycles. The van der Waals surface area contributed by atoms with Gasteiger partial charge in [0.05, 0.1) is 6.04 Å². The molecule has 1 aliphatic rings. The second kappa shape index (κ2) is 14.4. The van der Waals surface area contributed by atoms with Crippen LogP contribution >= 0.6 is 0 Å². The first-order valence-electron chi connectivity index (χ1n) is 13.6. The van der Waals surface area contributed by atoms with E-state index < -0.39 is 0 Å². The molecular weight excluding hydrogens is 491 g/mol. The van der Waals surface area contributed by atoms with Crippen LogP contribution in [0.2, 0.25) is 0 Å². The molecule has 1 aliphatic heterocycles. The van der Waals surface area contributed by atoms with E-state index in [1.165, 1.54) is 29.3 Å². The molecular formula is C32H37FN4O2. The zero-order valence-electron chi connectivity index (χ0n) is 22.1. The lowest BCUT2D eigenvalue weighted by Crippen LogP contribution is -2.49. The van der Waals surface area contributed by atoms with E-state index in [1.54, 1.807) is 18.2 Å². The Morgan fingerprint density at radius 1 is 1.03 bits per heavy atom. The fraction of sp³-hybridized carbons (Fsp3) is 0.312. The number of benzene rings is 3. The summed E-state index contributed by atoms with van der Waals surface area (Å²) in [4.78, 5) is 28.1. The van der Waals surface area contributed by atoms with Crippen molar-refractivity contribution in [1.29, 1.82) is 0 Å². The van der Waals surface area contributed by atoms with E-state index in [-0.39, 0.29) is 35.6 Å². The van der Waals surface area contributed by atoms with Crippen molar-refractivity contribution in [2.24, 2.45) is 5.73 Å². The van der Waals surface area contributed by atoms with Gasteiger partial charge in [-0.25, -0.2) is 4.39 Å². The maximum absolute atomic E-state index is 13.7. The van der Waals surface area contributed by atoms with Gasteiger partial charge in [-0.15, -0.1) is 0 Å². The molecule has 1 unspecified atom stereocenters. The molecule has 6 nitrogen and oxygen atoms in total. The topological polar surface area (TPSA) is 87.5 Å². The minimum absolute atomic E-state index is 0.0550. The number of amides is 2. The highest BCUT2D eigenvalue weighted by Crippen LogP contribution is 2.27. The second-order valence-corrected chi connectivity index (χ2v) is 9.92. The summed E-state index contributed by atoms with van der Waals surface area (Å²) in [5, 5.41) is 6.44. The van der Waals surface area contributed by atoms with Crippen LogP contribution in [-0.4, -0.2) is 55.0 Å². The SMILES string of the molecule is NCCC[C@@H]1NC(CNC(=O)/C=C/c2ccc(F)cc2)CCN(CC(c2ccccc2)c2ccccc2)C1=O. The van der Waals surface area contributed by atoms with E-state index in [1.807, 2.05) is 41.3 Å². The highest BCUT2D eigenvalue weighted by Gasteiger charge is 2.32. The van der Waals surface area contributed by atoms with Crippen LogP contribution in [0.3, 0.4) is 0 Å². The number of hydrogen-bond donors (Lipinski definition) is 3. The minimum Gasteiger partial charge on any atom is -0.351 e. The Hall–Kier alpha value is -3.81. The predicted molar refractivity (Wildman–Crippen MR) is 153 cm³/mol. The molecule has 4 N–H and O–H groups in total. The highest BCUT2D eigenvalue weighted by atomic mass is 19.1. The normalized spacial score (nSPS) is 17.9. The average molecular weight is 529 g/mol.